The summed E-state index contributed by atoms with van der Waals surface area (Å²) >= 11 is 0. The highest BCUT2D eigenvalue weighted by Crippen LogP contribution is 2.09. The molecule has 108 valence electrons. The SMILES string of the molecule is Cc1ccc(NC(C)C(=O)NN=Cc2ccncc2)cc1. The van der Waals surface area contributed by atoms with E-state index in [-0.39, 0.29) is 11.9 Å². The number of hydrogen-bond donors (Lipinski definition) is 2. The van der Waals surface area contributed by atoms with Crippen LogP contribution in [0.25, 0.3) is 0 Å². The molecular formula is C16H18N4O. The molecule has 1 aromatic heterocycles. The zero-order valence-corrected chi connectivity index (χ0v) is 12.1. The van der Waals surface area contributed by atoms with Crippen molar-refractivity contribution in [3.63, 3.8) is 0 Å². The number of aromatic nitrogens is 1. The first-order valence-corrected chi connectivity index (χ1v) is 6.71. The van der Waals surface area contributed by atoms with Gasteiger partial charge in [-0.1, -0.05) is 17.7 Å². The Morgan fingerprint density at radius 2 is 1.86 bits per heavy atom. The normalized spacial score (nSPS) is 12.1. The highest BCUT2D eigenvalue weighted by molar-refractivity contribution is 5.86. The largest absolute Gasteiger partial charge is 0.374 e. The summed E-state index contributed by atoms with van der Waals surface area (Å²) < 4.78 is 0. The second-order valence-corrected chi connectivity index (χ2v) is 4.75. The van der Waals surface area contributed by atoms with Crippen LogP contribution in [0.4, 0.5) is 5.69 Å². The lowest BCUT2D eigenvalue weighted by atomic mass is 10.2. The van der Waals surface area contributed by atoms with Gasteiger partial charge in [0.2, 0.25) is 0 Å². The average Bonchev–Trinajstić information content (AvgIpc) is 2.50. The third-order valence-electron chi connectivity index (χ3n) is 2.92. The van der Waals surface area contributed by atoms with E-state index >= 15 is 0 Å². The Labute approximate surface area is 124 Å². The van der Waals surface area contributed by atoms with Crippen molar-refractivity contribution in [2.24, 2.45) is 5.10 Å². The van der Waals surface area contributed by atoms with Crippen LogP contribution in [0.5, 0.6) is 0 Å². The maximum absolute atomic E-state index is 11.9. The van der Waals surface area contributed by atoms with Crippen LogP contribution in [-0.2, 0) is 4.79 Å². The fourth-order valence-corrected chi connectivity index (χ4v) is 1.68. The highest BCUT2D eigenvalue weighted by atomic mass is 16.2. The predicted molar refractivity (Wildman–Crippen MR) is 84.2 cm³/mol. The Hall–Kier alpha value is -2.69. The number of hydrogen-bond acceptors (Lipinski definition) is 4. The van der Waals surface area contributed by atoms with Crippen LogP contribution >= 0.6 is 0 Å². The number of amides is 1. The Morgan fingerprint density at radius 1 is 1.19 bits per heavy atom. The first-order chi connectivity index (χ1) is 10.1. The summed E-state index contributed by atoms with van der Waals surface area (Å²) in [6, 6.07) is 11.1. The Kier molecular flexibility index (Phi) is 5.04. The number of carbonyl (C=O) groups excluding carboxylic acids is 1. The summed E-state index contributed by atoms with van der Waals surface area (Å²) in [4.78, 5) is 15.8. The Balaban J connectivity index is 1.85. The van der Waals surface area contributed by atoms with E-state index in [4.69, 9.17) is 0 Å². The molecule has 2 aromatic rings. The lowest BCUT2D eigenvalue weighted by molar-refractivity contribution is -0.121. The summed E-state index contributed by atoms with van der Waals surface area (Å²) in [5, 5.41) is 7.05. The minimum absolute atomic E-state index is 0.194. The van der Waals surface area contributed by atoms with E-state index in [2.05, 4.69) is 20.8 Å². The van der Waals surface area contributed by atoms with Crippen molar-refractivity contribution < 1.29 is 4.79 Å². The molecule has 0 aliphatic carbocycles. The topological polar surface area (TPSA) is 66.4 Å². The molecule has 0 bridgehead atoms. The van der Waals surface area contributed by atoms with Gasteiger partial charge in [-0.15, -0.1) is 0 Å². The third kappa shape index (κ3) is 4.72. The Bertz CT molecular complexity index is 608. The van der Waals surface area contributed by atoms with Gasteiger partial charge in [-0.3, -0.25) is 9.78 Å². The summed E-state index contributed by atoms with van der Waals surface area (Å²) in [5.41, 5.74) is 5.47. The molecule has 2 rings (SSSR count). The molecular weight excluding hydrogens is 264 g/mol. The molecule has 0 saturated heterocycles. The molecule has 1 atom stereocenters. The molecule has 0 aliphatic rings. The van der Waals surface area contributed by atoms with Gasteiger partial charge in [0.1, 0.15) is 6.04 Å². The first-order valence-electron chi connectivity index (χ1n) is 6.71. The van der Waals surface area contributed by atoms with Gasteiger partial charge < -0.3 is 5.32 Å². The minimum Gasteiger partial charge on any atom is -0.374 e. The molecule has 1 amide bonds. The molecule has 0 fully saturated rings. The second-order valence-electron chi connectivity index (χ2n) is 4.75. The second kappa shape index (κ2) is 7.19. The van der Waals surface area contributed by atoms with E-state index in [0.29, 0.717) is 0 Å². The molecule has 1 aromatic carbocycles. The summed E-state index contributed by atoms with van der Waals surface area (Å²) in [7, 11) is 0. The zero-order chi connectivity index (χ0) is 15.1. The number of hydrazone groups is 1. The highest BCUT2D eigenvalue weighted by Gasteiger charge is 2.11. The summed E-state index contributed by atoms with van der Waals surface area (Å²) in [5.74, 6) is -0.194. The molecule has 5 heteroatoms. The van der Waals surface area contributed by atoms with Crippen molar-refractivity contribution in [3.8, 4) is 0 Å². The van der Waals surface area contributed by atoms with Crippen molar-refractivity contribution >= 4 is 17.8 Å². The molecule has 0 saturated carbocycles. The van der Waals surface area contributed by atoms with Gasteiger partial charge in [-0.2, -0.15) is 5.10 Å². The lowest BCUT2D eigenvalue weighted by Gasteiger charge is -2.13. The third-order valence-corrected chi connectivity index (χ3v) is 2.92. The van der Waals surface area contributed by atoms with Gasteiger partial charge >= 0.3 is 0 Å². The van der Waals surface area contributed by atoms with Crippen molar-refractivity contribution in [1.82, 2.24) is 10.4 Å². The molecule has 0 spiro atoms. The van der Waals surface area contributed by atoms with E-state index in [1.807, 2.05) is 43.3 Å². The smallest absolute Gasteiger partial charge is 0.262 e. The van der Waals surface area contributed by atoms with Crippen molar-refractivity contribution in [3.05, 3.63) is 59.9 Å². The van der Waals surface area contributed by atoms with Crippen LogP contribution < -0.4 is 10.7 Å². The van der Waals surface area contributed by atoms with Gasteiger partial charge in [0.05, 0.1) is 6.21 Å². The monoisotopic (exact) mass is 282 g/mol. The standard InChI is InChI=1S/C16H18N4O/c1-12-3-5-15(6-4-12)19-13(2)16(21)20-18-11-14-7-9-17-10-8-14/h3-11,13,19H,1-2H3,(H,20,21). The lowest BCUT2D eigenvalue weighted by Crippen LogP contribution is -2.34. The van der Waals surface area contributed by atoms with Crippen LogP contribution in [0.3, 0.4) is 0 Å². The van der Waals surface area contributed by atoms with Crippen LogP contribution in [0.15, 0.2) is 53.9 Å². The summed E-state index contributed by atoms with van der Waals surface area (Å²) in [6.45, 7) is 3.81. The van der Waals surface area contributed by atoms with Gasteiger partial charge in [0, 0.05) is 18.1 Å². The average molecular weight is 282 g/mol. The van der Waals surface area contributed by atoms with E-state index in [0.717, 1.165) is 11.3 Å². The number of anilines is 1. The fourth-order valence-electron chi connectivity index (χ4n) is 1.68. The maximum Gasteiger partial charge on any atom is 0.262 e. The molecule has 1 heterocycles. The van der Waals surface area contributed by atoms with E-state index in [1.54, 1.807) is 25.5 Å². The number of rotatable bonds is 5. The quantitative estimate of drug-likeness (QED) is 0.653. The number of pyridine rings is 1. The maximum atomic E-state index is 11.9. The molecule has 5 nitrogen and oxygen atoms in total. The van der Waals surface area contributed by atoms with E-state index in [1.165, 1.54) is 5.56 Å². The minimum atomic E-state index is -0.373. The van der Waals surface area contributed by atoms with Crippen LogP contribution in [0, 0.1) is 6.92 Å². The van der Waals surface area contributed by atoms with Crippen molar-refractivity contribution in [2.45, 2.75) is 19.9 Å². The first kappa shape index (κ1) is 14.7. The van der Waals surface area contributed by atoms with E-state index in [9.17, 15) is 4.79 Å². The molecule has 1 unspecified atom stereocenters. The zero-order valence-electron chi connectivity index (χ0n) is 12.1. The number of nitrogens with one attached hydrogen (secondary N) is 2. The number of nitrogens with zero attached hydrogens (tertiary/aromatic N) is 2. The molecule has 0 radical (unpaired) electrons. The number of aryl methyl sites for hydroxylation is 1. The van der Waals surface area contributed by atoms with Crippen LogP contribution in [-0.4, -0.2) is 23.1 Å². The van der Waals surface area contributed by atoms with Crippen molar-refractivity contribution in [2.75, 3.05) is 5.32 Å². The van der Waals surface area contributed by atoms with Crippen LogP contribution in [0.2, 0.25) is 0 Å². The molecule has 21 heavy (non-hydrogen) atoms. The fraction of sp³-hybridized carbons (Fsp3) is 0.188. The number of carbonyl (C=O) groups is 1. The Morgan fingerprint density at radius 3 is 2.52 bits per heavy atom. The molecule has 2 N–H and O–H groups in total. The summed E-state index contributed by atoms with van der Waals surface area (Å²) in [6.07, 6.45) is 4.92. The van der Waals surface area contributed by atoms with E-state index < -0.39 is 0 Å². The number of benzene rings is 1. The van der Waals surface area contributed by atoms with Crippen LogP contribution in [0.1, 0.15) is 18.1 Å². The van der Waals surface area contributed by atoms with Gasteiger partial charge in [0.15, 0.2) is 0 Å². The predicted octanol–water partition coefficient (Wildman–Crippen LogP) is 2.34. The van der Waals surface area contributed by atoms with Gasteiger partial charge in [0.25, 0.3) is 5.91 Å². The van der Waals surface area contributed by atoms with Crippen molar-refractivity contribution in [1.29, 1.82) is 0 Å². The van der Waals surface area contributed by atoms with Gasteiger partial charge in [-0.25, -0.2) is 5.43 Å². The van der Waals surface area contributed by atoms with Gasteiger partial charge in [-0.05, 0) is 43.7 Å². The molecule has 0 aliphatic heterocycles.